The molecule has 2 aliphatic heterocycles. The van der Waals surface area contributed by atoms with Crippen LogP contribution in [-0.4, -0.2) is 24.3 Å². The number of rotatable bonds is 0. The molecule has 0 radical (unpaired) electrons. The summed E-state index contributed by atoms with van der Waals surface area (Å²) in [5, 5.41) is 0. The minimum absolute atomic E-state index is 0.251. The molecule has 0 aromatic carbocycles. The van der Waals surface area contributed by atoms with Gasteiger partial charge >= 0.3 is 0 Å². The van der Waals surface area contributed by atoms with E-state index in [4.69, 9.17) is 0 Å². The fourth-order valence-corrected chi connectivity index (χ4v) is 3.83. The van der Waals surface area contributed by atoms with Crippen LogP contribution < -0.4 is 0 Å². The molecule has 68 valence electrons. The highest BCUT2D eigenvalue weighted by molar-refractivity contribution is 8.03. The molecule has 3 rings (SSSR count). The number of thioether (sulfide) groups is 1. The van der Waals surface area contributed by atoms with E-state index in [1.807, 2.05) is 18.0 Å². The number of carbonyl (C=O) groups is 1. The normalized spacial score (nSPS) is 36.8. The van der Waals surface area contributed by atoms with Gasteiger partial charge in [0.05, 0.1) is 0 Å². The van der Waals surface area contributed by atoms with Crippen molar-refractivity contribution >= 4 is 23.8 Å². The Bertz CT molecular complexity index is 332. The Morgan fingerprint density at radius 3 is 3.38 bits per heavy atom. The summed E-state index contributed by atoms with van der Waals surface area (Å²) < 4.78 is 0. The molecule has 1 aliphatic carbocycles. The maximum atomic E-state index is 11.7. The van der Waals surface area contributed by atoms with Crippen molar-refractivity contribution in [2.24, 2.45) is 16.8 Å². The Kier molecular flexibility index (Phi) is 1.62. The number of hydrogen-bond donors (Lipinski definition) is 0. The number of hydrogen-bond acceptors (Lipinski definition) is 3. The fourth-order valence-electron chi connectivity index (χ4n) is 2.42. The standard InChI is InChI=1S/C10H11NOS/c12-9-3-6-4-11-5-8(6)10-7(9)1-2-13-10/h5-7H,1-4H2. The van der Waals surface area contributed by atoms with Gasteiger partial charge in [0, 0.05) is 35.9 Å². The largest absolute Gasteiger partial charge is 0.299 e. The van der Waals surface area contributed by atoms with Gasteiger partial charge in [-0.2, -0.15) is 0 Å². The Hall–Kier alpha value is -0.570. The van der Waals surface area contributed by atoms with E-state index in [0.717, 1.165) is 25.1 Å². The molecule has 2 heterocycles. The van der Waals surface area contributed by atoms with Gasteiger partial charge < -0.3 is 0 Å². The van der Waals surface area contributed by atoms with Crippen LogP contribution in [0.15, 0.2) is 15.5 Å². The maximum Gasteiger partial charge on any atom is 0.141 e. The Labute approximate surface area is 81.5 Å². The first-order valence-electron chi connectivity index (χ1n) is 4.75. The Balaban J connectivity index is 2.09. The monoisotopic (exact) mass is 193 g/mol. The van der Waals surface area contributed by atoms with Gasteiger partial charge in [-0.3, -0.25) is 9.79 Å². The molecule has 0 saturated carbocycles. The Morgan fingerprint density at radius 2 is 2.46 bits per heavy atom. The van der Waals surface area contributed by atoms with Gasteiger partial charge in [-0.25, -0.2) is 0 Å². The molecule has 2 unspecified atom stereocenters. The third kappa shape index (κ3) is 1.03. The highest BCUT2D eigenvalue weighted by Crippen LogP contribution is 2.46. The minimum atomic E-state index is 0.251. The first kappa shape index (κ1) is 7.80. The van der Waals surface area contributed by atoms with Crippen molar-refractivity contribution in [3.05, 3.63) is 10.5 Å². The molecule has 3 aliphatic rings. The van der Waals surface area contributed by atoms with Crippen LogP contribution in [0, 0.1) is 11.8 Å². The van der Waals surface area contributed by atoms with Crippen LogP contribution in [0.25, 0.3) is 0 Å². The lowest BCUT2D eigenvalue weighted by molar-refractivity contribution is -0.122. The lowest BCUT2D eigenvalue weighted by Gasteiger charge is -2.23. The molecule has 2 nitrogen and oxygen atoms in total. The van der Waals surface area contributed by atoms with Crippen molar-refractivity contribution < 1.29 is 4.79 Å². The van der Waals surface area contributed by atoms with Gasteiger partial charge in [0.25, 0.3) is 0 Å². The van der Waals surface area contributed by atoms with Crippen molar-refractivity contribution in [1.29, 1.82) is 0 Å². The molecule has 1 fully saturated rings. The van der Waals surface area contributed by atoms with Crippen molar-refractivity contribution in [2.45, 2.75) is 12.8 Å². The van der Waals surface area contributed by atoms with Crippen molar-refractivity contribution in [3.63, 3.8) is 0 Å². The first-order valence-corrected chi connectivity index (χ1v) is 5.74. The summed E-state index contributed by atoms with van der Waals surface area (Å²) in [6.07, 6.45) is 3.80. The lowest BCUT2D eigenvalue weighted by Crippen LogP contribution is -2.24. The average molecular weight is 193 g/mol. The van der Waals surface area contributed by atoms with Crippen LogP contribution in [-0.2, 0) is 4.79 Å². The van der Waals surface area contributed by atoms with E-state index < -0.39 is 0 Å². The van der Waals surface area contributed by atoms with E-state index in [2.05, 4.69) is 4.99 Å². The number of allylic oxidation sites excluding steroid dienone is 1. The van der Waals surface area contributed by atoms with Crippen molar-refractivity contribution in [3.8, 4) is 0 Å². The molecule has 2 atom stereocenters. The van der Waals surface area contributed by atoms with Crippen LogP contribution >= 0.6 is 11.8 Å². The molecule has 0 aromatic heterocycles. The third-order valence-electron chi connectivity index (χ3n) is 3.10. The van der Waals surface area contributed by atoms with Gasteiger partial charge in [-0.05, 0) is 17.7 Å². The zero-order valence-corrected chi connectivity index (χ0v) is 8.14. The van der Waals surface area contributed by atoms with E-state index >= 15 is 0 Å². The number of nitrogens with zero attached hydrogens (tertiary/aromatic N) is 1. The summed E-state index contributed by atoms with van der Waals surface area (Å²) in [5.74, 6) is 2.26. The zero-order valence-electron chi connectivity index (χ0n) is 7.32. The molecule has 3 heteroatoms. The van der Waals surface area contributed by atoms with Crippen molar-refractivity contribution in [1.82, 2.24) is 0 Å². The summed E-state index contributed by atoms with van der Waals surface area (Å²) in [6.45, 7) is 0.845. The van der Waals surface area contributed by atoms with E-state index in [-0.39, 0.29) is 5.92 Å². The molecule has 0 amide bonds. The smallest absolute Gasteiger partial charge is 0.141 e. The fraction of sp³-hybridized carbons (Fsp3) is 0.600. The van der Waals surface area contributed by atoms with Gasteiger partial charge in [-0.1, -0.05) is 0 Å². The number of Topliss-reactive ketones (excluding diaryl/α,β-unsaturated/α-hetero) is 1. The number of ketones is 1. The number of aliphatic imine (C=N–C) groups is 1. The summed E-state index contributed by atoms with van der Waals surface area (Å²) >= 11 is 1.87. The maximum absolute atomic E-state index is 11.7. The molecule has 0 N–H and O–H groups in total. The van der Waals surface area contributed by atoms with E-state index in [9.17, 15) is 4.79 Å². The lowest BCUT2D eigenvalue weighted by atomic mass is 9.82. The van der Waals surface area contributed by atoms with Gasteiger partial charge in [0.1, 0.15) is 5.78 Å². The summed E-state index contributed by atoms with van der Waals surface area (Å²) in [5.41, 5.74) is 1.38. The predicted molar refractivity (Wildman–Crippen MR) is 54.1 cm³/mol. The van der Waals surface area contributed by atoms with Gasteiger partial charge in [0.2, 0.25) is 0 Å². The quantitative estimate of drug-likeness (QED) is 0.585. The first-order chi connectivity index (χ1) is 6.36. The van der Waals surface area contributed by atoms with Gasteiger partial charge in [-0.15, -0.1) is 11.8 Å². The highest BCUT2D eigenvalue weighted by atomic mass is 32.2. The van der Waals surface area contributed by atoms with Crippen LogP contribution in [0.1, 0.15) is 12.8 Å². The van der Waals surface area contributed by atoms with Gasteiger partial charge in [0.15, 0.2) is 0 Å². The third-order valence-corrected chi connectivity index (χ3v) is 4.37. The Morgan fingerprint density at radius 1 is 1.54 bits per heavy atom. The highest BCUT2D eigenvalue weighted by Gasteiger charge is 2.39. The zero-order chi connectivity index (χ0) is 8.84. The van der Waals surface area contributed by atoms with E-state index in [0.29, 0.717) is 11.7 Å². The summed E-state index contributed by atoms with van der Waals surface area (Å²) in [6, 6.07) is 0. The van der Waals surface area contributed by atoms with E-state index in [1.54, 1.807) is 0 Å². The molecular weight excluding hydrogens is 182 g/mol. The predicted octanol–water partition coefficient (Wildman–Crippen LogP) is 1.67. The molecule has 0 bridgehead atoms. The van der Waals surface area contributed by atoms with Crippen LogP contribution in [0.4, 0.5) is 0 Å². The molecule has 0 aromatic rings. The van der Waals surface area contributed by atoms with Crippen LogP contribution in [0.3, 0.4) is 0 Å². The summed E-state index contributed by atoms with van der Waals surface area (Å²) in [4.78, 5) is 17.3. The average Bonchev–Trinajstić information content (AvgIpc) is 2.66. The second kappa shape index (κ2) is 2.71. The van der Waals surface area contributed by atoms with Crippen molar-refractivity contribution in [2.75, 3.05) is 12.3 Å². The second-order valence-electron chi connectivity index (χ2n) is 3.87. The van der Waals surface area contributed by atoms with E-state index in [1.165, 1.54) is 10.5 Å². The molecule has 0 spiro atoms. The second-order valence-corrected chi connectivity index (χ2v) is 5.01. The molecular formula is C10H11NOS. The minimum Gasteiger partial charge on any atom is -0.299 e. The number of fused-ring (bicyclic) bond motifs is 2. The topological polar surface area (TPSA) is 29.4 Å². The van der Waals surface area contributed by atoms with Crippen LogP contribution in [0.2, 0.25) is 0 Å². The molecule has 13 heavy (non-hydrogen) atoms. The summed E-state index contributed by atoms with van der Waals surface area (Å²) in [7, 11) is 0. The SMILES string of the molecule is O=C1CC2CN=CC2=C2SCCC12. The van der Waals surface area contributed by atoms with Crippen LogP contribution in [0.5, 0.6) is 0 Å². The molecule has 1 saturated heterocycles. The number of carbonyl (C=O) groups excluding carboxylic acids is 1.